The molecule has 0 aromatic heterocycles. The number of hydrogen-bond acceptors (Lipinski definition) is 3. The van der Waals surface area contributed by atoms with Crippen molar-refractivity contribution in [2.24, 2.45) is 11.8 Å². The molecule has 1 aromatic rings. The predicted molar refractivity (Wildman–Crippen MR) is 90.0 cm³/mol. The molecule has 2 atom stereocenters. The zero-order valence-corrected chi connectivity index (χ0v) is 14.2. The smallest absolute Gasteiger partial charge is 0.416 e. The number of carboxylic acid groups (broad SMARTS) is 1. The molecule has 142 valence electrons. The first kappa shape index (κ1) is 18.5. The van der Waals surface area contributed by atoms with Gasteiger partial charge in [-0.1, -0.05) is 0 Å². The van der Waals surface area contributed by atoms with Crippen LogP contribution in [0.15, 0.2) is 18.2 Å². The lowest BCUT2D eigenvalue weighted by molar-refractivity contribution is -0.151. The summed E-state index contributed by atoms with van der Waals surface area (Å²) in [6.45, 7) is 1.44. The molecule has 0 bridgehead atoms. The monoisotopic (exact) mass is 370 g/mol. The van der Waals surface area contributed by atoms with E-state index in [4.69, 9.17) is 5.11 Å². The molecule has 1 aromatic carbocycles. The third-order valence-corrected chi connectivity index (χ3v) is 5.21. The van der Waals surface area contributed by atoms with Crippen LogP contribution in [0.3, 0.4) is 0 Å². The van der Waals surface area contributed by atoms with E-state index in [2.05, 4.69) is 5.32 Å². The number of carboxylic acids is 1. The van der Waals surface area contributed by atoms with E-state index in [1.54, 1.807) is 0 Å². The molecule has 2 unspecified atom stereocenters. The lowest BCUT2D eigenvalue weighted by atomic mass is 9.73. The molecule has 8 heteroatoms. The molecule has 1 saturated heterocycles. The Kier molecular flexibility index (Phi) is 5.11. The Hall–Kier alpha value is -2.25. The van der Waals surface area contributed by atoms with Gasteiger partial charge < -0.3 is 15.3 Å². The molecule has 1 saturated carbocycles. The first-order valence-corrected chi connectivity index (χ1v) is 8.77. The van der Waals surface area contributed by atoms with Crippen molar-refractivity contribution in [3.63, 3.8) is 0 Å². The van der Waals surface area contributed by atoms with Crippen LogP contribution in [0.2, 0.25) is 0 Å². The largest absolute Gasteiger partial charge is 0.481 e. The normalized spacial score (nSPS) is 23.3. The van der Waals surface area contributed by atoms with Crippen molar-refractivity contribution in [1.29, 1.82) is 0 Å². The number of aliphatic carboxylic acids is 1. The Morgan fingerprint density at radius 1 is 1.08 bits per heavy atom. The summed E-state index contributed by atoms with van der Waals surface area (Å²) in [7, 11) is 0. The molecule has 1 aliphatic carbocycles. The number of anilines is 2. The van der Waals surface area contributed by atoms with E-state index in [0.717, 1.165) is 44.5 Å². The molecule has 1 aliphatic heterocycles. The summed E-state index contributed by atoms with van der Waals surface area (Å²) in [6.07, 6.45) is -0.715. The summed E-state index contributed by atoms with van der Waals surface area (Å²) in [4.78, 5) is 25.5. The minimum Gasteiger partial charge on any atom is -0.481 e. The highest BCUT2D eigenvalue weighted by Crippen LogP contribution is 2.39. The molecule has 2 fully saturated rings. The highest BCUT2D eigenvalue weighted by atomic mass is 19.4. The number of rotatable bonds is 4. The summed E-state index contributed by atoms with van der Waals surface area (Å²) in [5.41, 5.74) is -0.183. The maximum Gasteiger partial charge on any atom is 0.416 e. The second-order valence-corrected chi connectivity index (χ2v) is 6.90. The molecule has 2 N–H and O–H groups in total. The van der Waals surface area contributed by atoms with Crippen molar-refractivity contribution >= 4 is 23.3 Å². The van der Waals surface area contributed by atoms with E-state index in [0.29, 0.717) is 18.5 Å². The van der Waals surface area contributed by atoms with Gasteiger partial charge in [0.25, 0.3) is 0 Å². The van der Waals surface area contributed by atoms with Crippen LogP contribution in [-0.2, 0) is 15.8 Å². The molecule has 5 nitrogen and oxygen atoms in total. The van der Waals surface area contributed by atoms with Crippen LogP contribution in [0.25, 0.3) is 0 Å². The van der Waals surface area contributed by atoms with Gasteiger partial charge in [-0.15, -0.1) is 0 Å². The molecule has 26 heavy (non-hydrogen) atoms. The first-order valence-electron chi connectivity index (χ1n) is 8.77. The number of alkyl halides is 3. The zero-order valence-electron chi connectivity index (χ0n) is 14.2. The molecular weight excluding hydrogens is 349 g/mol. The van der Waals surface area contributed by atoms with E-state index in [1.807, 2.05) is 4.90 Å². The quantitative estimate of drug-likeness (QED) is 0.847. The Bertz CT molecular complexity index is 699. The second-order valence-electron chi connectivity index (χ2n) is 6.90. The van der Waals surface area contributed by atoms with Gasteiger partial charge in [0.15, 0.2) is 0 Å². The van der Waals surface area contributed by atoms with Crippen LogP contribution in [0.1, 0.15) is 37.7 Å². The fourth-order valence-corrected chi connectivity index (χ4v) is 3.56. The topological polar surface area (TPSA) is 69.6 Å². The Morgan fingerprint density at radius 3 is 2.27 bits per heavy atom. The summed E-state index contributed by atoms with van der Waals surface area (Å²) in [5, 5.41) is 11.7. The molecule has 3 rings (SSSR count). The third-order valence-electron chi connectivity index (χ3n) is 5.21. The van der Waals surface area contributed by atoms with Gasteiger partial charge in [0.05, 0.1) is 28.8 Å². The van der Waals surface area contributed by atoms with Crippen LogP contribution in [0, 0.1) is 11.8 Å². The molecule has 1 amide bonds. The third kappa shape index (κ3) is 3.78. The number of hydrogen-bond donors (Lipinski definition) is 2. The van der Waals surface area contributed by atoms with E-state index in [1.165, 1.54) is 6.07 Å². The summed E-state index contributed by atoms with van der Waals surface area (Å²) < 4.78 is 39.2. The van der Waals surface area contributed by atoms with Crippen molar-refractivity contribution in [3.8, 4) is 0 Å². The lowest BCUT2D eigenvalue weighted by Gasteiger charge is -2.34. The minimum absolute atomic E-state index is 0.0998. The lowest BCUT2D eigenvalue weighted by Crippen LogP contribution is -2.41. The fourth-order valence-electron chi connectivity index (χ4n) is 3.56. The SMILES string of the molecule is O=C(O)C1CCC1C(=O)Nc1cc(C(F)(F)F)ccc1N1CCCCC1. The van der Waals surface area contributed by atoms with Gasteiger partial charge in [-0.05, 0) is 50.3 Å². The van der Waals surface area contributed by atoms with Crippen LogP contribution in [-0.4, -0.2) is 30.1 Å². The van der Waals surface area contributed by atoms with Crippen molar-refractivity contribution in [1.82, 2.24) is 0 Å². The van der Waals surface area contributed by atoms with Crippen molar-refractivity contribution in [2.75, 3.05) is 23.3 Å². The molecule has 1 heterocycles. The Balaban J connectivity index is 1.86. The number of carbonyl (C=O) groups is 2. The van der Waals surface area contributed by atoms with Crippen molar-refractivity contribution < 1.29 is 27.9 Å². The van der Waals surface area contributed by atoms with Crippen LogP contribution in [0.5, 0.6) is 0 Å². The Labute approximate surface area is 149 Å². The van der Waals surface area contributed by atoms with E-state index in [-0.39, 0.29) is 5.69 Å². The van der Waals surface area contributed by atoms with Gasteiger partial charge in [-0.3, -0.25) is 9.59 Å². The number of amides is 1. The van der Waals surface area contributed by atoms with Gasteiger partial charge in [0.1, 0.15) is 0 Å². The van der Waals surface area contributed by atoms with Gasteiger partial charge in [-0.25, -0.2) is 0 Å². The average Bonchev–Trinajstić information content (AvgIpc) is 2.53. The van der Waals surface area contributed by atoms with Gasteiger partial charge in [-0.2, -0.15) is 13.2 Å². The van der Waals surface area contributed by atoms with E-state index < -0.39 is 35.5 Å². The predicted octanol–water partition coefficient (Wildman–Crippen LogP) is 3.75. The van der Waals surface area contributed by atoms with Gasteiger partial charge in [0, 0.05) is 13.1 Å². The first-order chi connectivity index (χ1) is 12.3. The van der Waals surface area contributed by atoms with Crippen LogP contribution >= 0.6 is 0 Å². The minimum atomic E-state index is -4.51. The Morgan fingerprint density at radius 2 is 1.73 bits per heavy atom. The highest BCUT2D eigenvalue weighted by Gasteiger charge is 2.42. The number of nitrogens with one attached hydrogen (secondary N) is 1. The standard InChI is InChI=1S/C18H21F3N2O3/c19-18(20,21)11-4-7-15(23-8-2-1-3-9-23)14(10-11)22-16(24)12-5-6-13(12)17(25)26/h4,7,10,12-13H,1-3,5-6,8-9H2,(H,22,24)(H,25,26). The van der Waals surface area contributed by atoms with Crippen LogP contribution in [0.4, 0.5) is 24.5 Å². The fraction of sp³-hybridized carbons (Fsp3) is 0.556. The van der Waals surface area contributed by atoms with Crippen molar-refractivity contribution in [2.45, 2.75) is 38.3 Å². The number of halogens is 3. The summed E-state index contributed by atoms with van der Waals surface area (Å²) in [5.74, 6) is -3.03. The number of carbonyl (C=O) groups excluding carboxylic acids is 1. The highest BCUT2D eigenvalue weighted by molar-refractivity contribution is 5.98. The number of benzene rings is 1. The number of piperidine rings is 1. The van der Waals surface area contributed by atoms with Crippen molar-refractivity contribution in [3.05, 3.63) is 23.8 Å². The zero-order chi connectivity index (χ0) is 18.9. The maximum atomic E-state index is 13.1. The van der Waals surface area contributed by atoms with Crippen LogP contribution < -0.4 is 10.2 Å². The van der Waals surface area contributed by atoms with Gasteiger partial charge >= 0.3 is 12.1 Å². The van der Waals surface area contributed by atoms with E-state index >= 15 is 0 Å². The molecule has 2 aliphatic rings. The molecule has 0 spiro atoms. The van der Waals surface area contributed by atoms with Gasteiger partial charge in [0.2, 0.25) is 5.91 Å². The van der Waals surface area contributed by atoms with E-state index in [9.17, 15) is 22.8 Å². The molecular formula is C18H21F3N2O3. The number of nitrogens with zero attached hydrogens (tertiary/aromatic N) is 1. The average molecular weight is 370 g/mol. The summed E-state index contributed by atoms with van der Waals surface area (Å²) in [6, 6.07) is 3.35. The molecule has 0 radical (unpaired) electrons. The summed E-state index contributed by atoms with van der Waals surface area (Å²) >= 11 is 0. The second kappa shape index (κ2) is 7.17. The maximum absolute atomic E-state index is 13.1.